The van der Waals surface area contributed by atoms with E-state index in [2.05, 4.69) is 29.8 Å². The zero-order valence-corrected chi connectivity index (χ0v) is 13.8. The number of likely N-dealkylation sites (N-methyl/N-ethyl adjacent to an activating group) is 1. The molecule has 1 atom stereocenters. The third-order valence-corrected chi connectivity index (χ3v) is 5.26. The first-order chi connectivity index (χ1) is 10.0. The van der Waals surface area contributed by atoms with Gasteiger partial charge in [-0.05, 0) is 49.4 Å². The van der Waals surface area contributed by atoms with E-state index in [0.717, 1.165) is 6.54 Å². The molecule has 6 heteroatoms. The molecule has 4 nitrogen and oxygen atoms in total. The lowest BCUT2D eigenvalue weighted by Crippen LogP contribution is -2.39. The monoisotopic (exact) mass is 319 g/mol. The smallest absolute Gasteiger partial charge is 0.242 e. The number of rotatable bonds is 5. The maximum absolute atomic E-state index is 12.3. The van der Waals surface area contributed by atoms with E-state index in [1.807, 2.05) is 18.9 Å². The summed E-state index contributed by atoms with van der Waals surface area (Å²) in [4.78, 5) is 15.6. The van der Waals surface area contributed by atoms with Crippen LogP contribution in [0.25, 0.3) is 0 Å². The highest BCUT2D eigenvalue weighted by atomic mass is 32.1. The summed E-state index contributed by atoms with van der Waals surface area (Å²) < 4.78 is 0. The van der Waals surface area contributed by atoms with Gasteiger partial charge in [0.2, 0.25) is 5.91 Å². The van der Waals surface area contributed by atoms with E-state index in [4.69, 9.17) is 5.26 Å². The Labute approximate surface area is 132 Å². The molecule has 0 aliphatic rings. The largest absolute Gasteiger partial charge is 0.315 e. The molecule has 0 unspecified atom stereocenters. The van der Waals surface area contributed by atoms with E-state index in [-0.39, 0.29) is 11.9 Å². The molecule has 1 N–H and O–H groups in total. The summed E-state index contributed by atoms with van der Waals surface area (Å²) in [6, 6.07) is 5.61. The summed E-state index contributed by atoms with van der Waals surface area (Å²) in [6.45, 7) is 4.70. The van der Waals surface area contributed by atoms with Gasteiger partial charge in [0, 0.05) is 11.4 Å². The molecule has 0 aliphatic heterocycles. The normalized spacial score (nSPS) is 12.1. The van der Waals surface area contributed by atoms with Crippen LogP contribution < -0.4 is 5.32 Å². The molecular weight excluding hydrogens is 302 g/mol. The summed E-state index contributed by atoms with van der Waals surface area (Å²) >= 11 is 3.07. The number of nitrogens with zero attached hydrogens (tertiary/aromatic N) is 2. The number of amides is 1. The second kappa shape index (κ2) is 6.85. The van der Waals surface area contributed by atoms with Crippen LogP contribution >= 0.6 is 22.7 Å². The SMILES string of the molecule is Cc1ccsc1CN(C)[C@H](C)C(=O)Nc1sccc1C#N. The van der Waals surface area contributed by atoms with Crippen molar-refractivity contribution in [3.8, 4) is 6.07 Å². The first-order valence-corrected chi connectivity index (χ1v) is 8.30. The number of carbonyl (C=O) groups excluding carboxylic acids is 1. The van der Waals surface area contributed by atoms with Crippen LogP contribution in [0.3, 0.4) is 0 Å². The third kappa shape index (κ3) is 3.70. The fourth-order valence-corrected chi connectivity index (χ4v) is 3.55. The Morgan fingerprint density at radius 2 is 2.14 bits per heavy atom. The number of hydrogen-bond donors (Lipinski definition) is 1. The standard InChI is InChI=1S/C15H17N3OS2/c1-10-4-6-20-13(10)9-18(3)11(2)14(19)17-15-12(8-16)5-7-21-15/h4-7,11H,9H2,1-3H3,(H,17,19)/t11-/m1/s1. The minimum Gasteiger partial charge on any atom is -0.315 e. The van der Waals surface area contributed by atoms with Gasteiger partial charge in [-0.25, -0.2) is 0 Å². The molecule has 2 heterocycles. The van der Waals surface area contributed by atoms with Crippen LogP contribution in [0.1, 0.15) is 22.9 Å². The number of hydrogen-bond acceptors (Lipinski definition) is 5. The molecule has 0 saturated heterocycles. The summed E-state index contributed by atoms with van der Waals surface area (Å²) in [5, 5.41) is 16.3. The van der Waals surface area contributed by atoms with Crippen LogP contribution in [0.2, 0.25) is 0 Å². The molecule has 2 aromatic rings. The molecule has 0 saturated carbocycles. The van der Waals surface area contributed by atoms with Crippen LogP contribution in [0, 0.1) is 18.3 Å². The zero-order valence-electron chi connectivity index (χ0n) is 12.2. The van der Waals surface area contributed by atoms with Gasteiger partial charge in [0.15, 0.2) is 0 Å². The molecule has 0 spiro atoms. The van der Waals surface area contributed by atoms with Gasteiger partial charge in [-0.2, -0.15) is 5.26 Å². The van der Waals surface area contributed by atoms with Gasteiger partial charge in [0.1, 0.15) is 11.1 Å². The van der Waals surface area contributed by atoms with E-state index in [9.17, 15) is 4.79 Å². The van der Waals surface area contributed by atoms with Crippen LogP contribution in [-0.4, -0.2) is 23.9 Å². The minimum atomic E-state index is -0.264. The molecule has 2 rings (SSSR count). The van der Waals surface area contributed by atoms with E-state index >= 15 is 0 Å². The van der Waals surface area contributed by atoms with Crippen molar-refractivity contribution in [1.29, 1.82) is 5.26 Å². The highest BCUT2D eigenvalue weighted by Crippen LogP contribution is 2.23. The maximum atomic E-state index is 12.3. The molecule has 0 bridgehead atoms. The summed E-state index contributed by atoms with van der Waals surface area (Å²) in [5.41, 5.74) is 1.77. The minimum absolute atomic E-state index is 0.0920. The second-order valence-electron chi connectivity index (χ2n) is 4.88. The summed E-state index contributed by atoms with van der Waals surface area (Å²) in [6.07, 6.45) is 0. The van der Waals surface area contributed by atoms with Gasteiger partial charge in [-0.3, -0.25) is 9.69 Å². The Morgan fingerprint density at radius 3 is 2.76 bits per heavy atom. The Hall–Kier alpha value is -1.68. The second-order valence-corrected chi connectivity index (χ2v) is 6.80. The van der Waals surface area contributed by atoms with Crippen LogP contribution in [-0.2, 0) is 11.3 Å². The van der Waals surface area contributed by atoms with Crippen molar-refractivity contribution in [3.05, 3.63) is 38.9 Å². The Bertz CT molecular complexity index is 669. The summed E-state index contributed by atoms with van der Waals surface area (Å²) in [7, 11) is 1.93. The van der Waals surface area contributed by atoms with Crippen molar-refractivity contribution in [2.75, 3.05) is 12.4 Å². The average molecular weight is 319 g/mol. The fraction of sp³-hybridized carbons (Fsp3) is 0.333. The van der Waals surface area contributed by atoms with Crippen molar-refractivity contribution < 1.29 is 4.79 Å². The fourth-order valence-electron chi connectivity index (χ4n) is 1.84. The molecule has 0 aliphatic carbocycles. The van der Waals surface area contributed by atoms with E-state index in [1.165, 1.54) is 21.8 Å². The third-order valence-electron chi connectivity index (χ3n) is 3.42. The van der Waals surface area contributed by atoms with Gasteiger partial charge in [-0.15, -0.1) is 22.7 Å². The number of aryl methyl sites for hydroxylation is 1. The number of thiophene rings is 2. The van der Waals surface area contributed by atoms with Crippen LogP contribution in [0.5, 0.6) is 0 Å². The predicted octanol–water partition coefficient (Wildman–Crippen LogP) is 3.45. The highest BCUT2D eigenvalue weighted by molar-refractivity contribution is 7.14. The molecule has 0 fully saturated rings. The van der Waals surface area contributed by atoms with Crippen LogP contribution in [0.15, 0.2) is 22.9 Å². The molecule has 1 amide bonds. The lowest BCUT2D eigenvalue weighted by atomic mass is 10.2. The van der Waals surface area contributed by atoms with Gasteiger partial charge >= 0.3 is 0 Å². The van der Waals surface area contributed by atoms with E-state index < -0.39 is 0 Å². The van der Waals surface area contributed by atoms with E-state index in [0.29, 0.717) is 10.6 Å². The first-order valence-electron chi connectivity index (χ1n) is 6.54. The lowest BCUT2D eigenvalue weighted by molar-refractivity contribution is -0.120. The van der Waals surface area contributed by atoms with Crippen molar-refractivity contribution >= 4 is 33.6 Å². The maximum Gasteiger partial charge on any atom is 0.242 e. The van der Waals surface area contributed by atoms with Gasteiger partial charge in [0.05, 0.1) is 11.6 Å². The topological polar surface area (TPSA) is 56.1 Å². The zero-order chi connectivity index (χ0) is 15.4. The van der Waals surface area contributed by atoms with Crippen molar-refractivity contribution in [2.45, 2.75) is 26.4 Å². The Kier molecular flexibility index (Phi) is 5.12. The first kappa shape index (κ1) is 15.7. The molecule has 21 heavy (non-hydrogen) atoms. The lowest BCUT2D eigenvalue weighted by Gasteiger charge is -2.23. The molecule has 2 aromatic heterocycles. The molecular formula is C15H17N3OS2. The van der Waals surface area contributed by atoms with Gasteiger partial charge in [0.25, 0.3) is 0 Å². The van der Waals surface area contributed by atoms with Gasteiger partial charge in [-0.1, -0.05) is 0 Å². The van der Waals surface area contributed by atoms with E-state index in [1.54, 1.807) is 22.8 Å². The predicted molar refractivity (Wildman–Crippen MR) is 87.6 cm³/mol. The quantitative estimate of drug-likeness (QED) is 0.918. The Morgan fingerprint density at radius 1 is 1.43 bits per heavy atom. The molecule has 110 valence electrons. The number of nitriles is 1. The number of anilines is 1. The number of nitrogens with one attached hydrogen (secondary N) is 1. The molecule has 0 radical (unpaired) electrons. The van der Waals surface area contributed by atoms with Crippen LogP contribution in [0.4, 0.5) is 5.00 Å². The highest BCUT2D eigenvalue weighted by Gasteiger charge is 2.20. The van der Waals surface area contributed by atoms with Gasteiger partial charge < -0.3 is 5.32 Å². The Balaban J connectivity index is 1.99. The van der Waals surface area contributed by atoms with Crippen molar-refractivity contribution in [3.63, 3.8) is 0 Å². The van der Waals surface area contributed by atoms with Crippen molar-refractivity contribution in [2.24, 2.45) is 0 Å². The average Bonchev–Trinajstić information content (AvgIpc) is 3.07. The molecule has 0 aromatic carbocycles. The van der Waals surface area contributed by atoms with Crippen molar-refractivity contribution in [1.82, 2.24) is 4.90 Å². The summed E-state index contributed by atoms with van der Waals surface area (Å²) in [5.74, 6) is -0.0920. The number of carbonyl (C=O) groups is 1.